The topological polar surface area (TPSA) is 17.1 Å². The summed E-state index contributed by atoms with van der Waals surface area (Å²) in [5.41, 5.74) is 3.48. The van der Waals surface area contributed by atoms with Gasteiger partial charge in [-0.2, -0.15) is 0 Å². The molecule has 2 aliphatic carbocycles. The summed E-state index contributed by atoms with van der Waals surface area (Å²) in [6, 6.07) is 8.87. The highest BCUT2D eigenvalue weighted by molar-refractivity contribution is 7.85. The Bertz CT molecular complexity index is 562. The molecule has 1 aliphatic heterocycles. The first-order valence-corrected chi connectivity index (χ1v) is 8.33. The zero-order valence-corrected chi connectivity index (χ0v) is 11.3. The van der Waals surface area contributed by atoms with E-state index < -0.39 is 10.8 Å². The van der Waals surface area contributed by atoms with E-state index in [1.54, 1.807) is 0 Å². The zero-order chi connectivity index (χ0) is 12.2. The molecule has 1 saturated heterocycles. The number of allylic oxidation sites excluding steroid dienone is 2. The molecule has 3 atom stereocenters. The van der Waals surface area contributed by atoms with Crippen molar-refractivity contribution in [2.75, 3.05) is 11.5 Å². The van der Waals surface area contributed by atoms with Crippen LogP contribution in [0.2, 0.25) is 0 Å². The minimum Gasteiger partial charge on any atom is -0.260 e. The standard InChI is InChI=1S/C16H18OS/c17-18-11-15-8-3-4-9-16(15,12-18)14-6-2-1-5-13(14)7-10-15/h1-6H,7-12H2/t15-,16+,18+/m1/s1. The Morgan fingerprint density at radius 3 is 2.83 bits per heavy atom. The maximum absolute atomic E-state index is 12.3. The van der Waals surface area contributed by atoms with Crippen molar-refractivity contribution in [1.82, 2.24) is 0 Å². The van der Waals surface area contributed by atoms with E-state index in [0.717, 1.165) is 24.3 Å². The van der Waals surface area contributed by atoms with Crippen molar-refractivity contribution in [2.45, 2.75) is 31.1 Å². The fraction of sp³-hybridized carbons (Fsp3) is 0.500. The molecule has 1 nitrogen and oxygen atoms in total. The highest BCUT2D eigenvalue weighted by atomic mass is 32.2. The van der Waals surface area contributed by atoms with Crippen LogP contribution in [0.15, 0.2) is 36.4 Å². The highest BCUT2D eigenvalue weighted by Gasteiger charge is 2.60. The molecule has 2 heteroatoms. The fourth-order valence-corrected chi connectivity index (χ4v) is 6.90. The molecule has 0 amide bonds. The van der Waals surface area contributed by atoms with Crippen LogP contribution in [0.4, 0.5) is 0 Å². The van der Waals surface area contributed by atoms with Gasteiger partial charge in [-0.05, 0) is 42.2 Å². The molecular formula is C16H18OS. The van der Waals surface area contributed by atoms with Gasteiger partial charge in [0.05, 0.1) is 0 Å². The summed E-state index contributed by atoms with van der Waals surface area (Å²) in [7, 11) is -0.628. The average Bonchev–Trinajstić information content (AvgIpc) is 2.71. The van der Waals surface area contributed by atoms with Crippen molar-refractivity contribution in [1.29, 1.82) is 0 Å². The maximum Gasteiger partial charge on any atom is 0.0341 e. The van der Waals surface area contributed by atoms with Crippen LogP contribution in [0.3, 0.4) is 0 Å². The van der Waals surface area contributed by atoms with E-state index >= 15 is 0 Å². The predicted molar refractivity (Wildman–Crippen MR) is 75.1 cm³/mol. The summed E-state index contributed by atoms with van der Waals surface area (Å²) in [6.07, 6.45) is 9.27. The smallest absolute Gasteiger partial charge is 0.0341 e. The molecule has 1 heterocycles. The van der Waals surface area contributed by atoms with Gasteiger partial charge in [-0.3, -0.25) is 4.21 Å². The van der Waals surface area contributed by atoms with Gasteiger partial charge in [0.25, 0.3) is 0 Å². The van der Waals surface area contributed by atoms with Crippen LogP contribution >= 0.6 is 0 Å². The van der Waals surface area contributed by atoms with Crippen LogP contribution in [0.25, 0.3) is 0 Å². The van der Waals surface area contributed by atoms with Gasteiger partial charge in [-0.25, -0.2) is 0 Å². The van der Waals surface area contributed by atoms with E-state index in [2.05, 4.69) is 36.4 Å². The van der Waals surface area contributed by atoms with Crippen LogP contribution in [-0.2, 0) is 22.6 Å². The van der Waals surface area contributed by atoms with E-state index in [1.165, 1.54) is 24.0 Å². The Labute approximate surface area is 111 Å². The molecule has 94 valence electrons. The molecule has 4 rings (SSSR count). The molecule has 0 N–H and O–H groups in total. The molecule has 1 fully saturated rings. The van der Waals surface area contributed by atoms with Crippen molar-refractivity contribution in [2.24, 2.45) is 5.41 Å². The maximum atomic E-state index is 12.3. The van der Waals surface area contributed by atoms with Gasteiger partial charge < -0.3 is 0 Å². The molecule has 0 bridgehead atoms. The fourth-order valence-electron chi connectivity index (χ4n) is 4.51. The number of aryl methyl sites for hydroxylation is 1. The number of hydrogen-bond donors (Lipinski definition) is 0. The SMILES string of the molecule is O=[S@]1C[C@]23CC=CC[C@]2(C1)c1ccccc1CC3. The summed E-state index contributed by atoms with van der Waals surface area (Å²) >= 11 is 0. The second kappa shape index (κ2) is 3.57. The van der Waals surface area contributed by atoms with E-state index in [9.17, 15) is 4.21 Å². The summed E-state index contributed by atoms with van der Waals surface area (Å²) in [4.78, 5) is 0. The Morgan fingerprint density at radius 2 is 1.89 bits per heavy atom. The van der Waals surface area contributed by atoms with Crippen molar-refractivity contribution in [3.05, 3.63) is 47.5 Å². The van der Waals surface area contributed by atoms with E-state index in [4.69, 9.17) is 0 Å². The summed E-state index contributed by atoms with van der Waals surface area (Å²) in [6.45, 7) is 0. The lowest BCUT2D eigenvalue weighted by Crippen LogP contribution is -2.49. The number of hydrogen-bond acceptors (Lipinski definition) is 1. The summed E-state index contributed by atoms with van der Waals surface area (Å²) < 4.78 is 12.3. The van der Waals surface area contributed by atoms with Gasteiger partial charge in [0.1, 0.15) is 0 Å². The van der Waals surface area contributed by atoms with Crippen molar-refractivity contribution in [3.8, 4) is 0 Å². The van der Waals surface area contributed by atoms with Gasteiger partial charge in [-0.15, -0.1) is 0 Å². The minimum absolute atomic E-state index is 0.182. The molecule has 18 heavy (non-hydrogen) atoms. The molecule has 0 radical (unpaired) electrons. The van der Waals surface area contributed by atoms with Crippen LogP contribution in [-0.4, -0.2) is 15.7 Å². The Morgan fingerprint density at radius 1 is 1.06 bits per heavy atom. The van der Waals surface area contributed by atoms with Crippen molar-refractivity contribution >= 4 is 10.8 Å². The lowest BCUT2D eigenvalue weighted by molar-refractivity contribution is 0.142. The minimum atomic E-state index is -0.628. The number of rotatable bonds is 0. The van der Waals surface area contributed by atoms with E-state index in [-0.39, 0.29) is 5.41 Å². The first-order chi connectivity index (χ1) is 8.76. The molecule has 1 aromatic rings. The summed E-state index contributed by atoms with van der Waals surface area (Å²) in [5, 5.41) is 0. The van der Waals surface area contributed by atoms with Crippen molar-refractivity contribution in [3.63, 3.8) is 0 Å². The van der Waals surface area contributed by atoms with Crippen LogP contribution < -0.4 is 0 Å². The predicted octanol–water partition coefficient (Wildman–Crippen LogP) is 2.97. The molecule has 0 saturated carbocycles. The number of fused-ring (bicyclic) bond motifs is 1. The van der Waals surface area contributed by atoms with E-state index in [0.29, 0.717) is 5.41 Å². The molecule has 3 aliphatic rings. The first kappa shape index (κ1) is 11.0. The highest BCUT2D eigenvalue weighted by Crippen LogP contribution is 2.60. The van der Waals surface area contributed by atoms with Gasteiger partial charge in [0.15, 0.2) is 0 Å². The number of benzene rings is 1. The average molecular weight is 258 g/mol. The second-order valence-electron chi connectivity index (χ2n) is 6.13. The third-order valence-electron chi connectivity index (χ3n) is 5.41. The lowest BCUT2D eigenvalue weighted by Gasteiger charge is -2.51. The second-order valence-corrected chi connectivity index (χ2v) is 7.58. The molecule has 0 unspecified atom stereocenters. The Balaban J connectivity index is 1.99. The zero-order valence-electron chi connectivity index (χ0n) is 10.5. The summed E-state index contributed by atoms with van der Waals surface area (Å²) in [5.74, 6) is 1.81. The Hall–Kier alpha value is -0.890. The lowest BCUT2D eigenvalue weighted by atomic mass is 9.51. The normalized spacial score (nSPS) is 41.0. The third kappa shape index (κ3) is 1.20. The van der Waals surface area contributed by atoms with Crippen LogP contribution in [0.1, 0.15) is 30.4 Å². The Kier molecular flexibility index (Phi) is 2.18. The van der Waals surface area contributed by atoms with E-state index in [1.807, 2.05) is 0 Å². The molecule has 0 spiro atoms. The van der Waals surface area contributed by atoms with Gasteiger partial charge in [0.2, 0.25) is 0 Å². The van der Waals surface area contributed by atoms with Crippen LogP contribution in [0, 0.1) is 5.41 Å². The third-order valence-corrected chi connectivity index (χ3v) is 7.10. The molecule has 1 aromatic carbocycles. The van der Waals surface area contributed by atoms with Gasteiger partial charge in [0, 0.05) is 27.7 Å². The monoisotopic (exact) mass is 258 g/mol. The van der Waals surface area contributed by atoms with Crippen LogP contribution in [0.5, 0.6) is 0 Å². The largest absolute Gasteiger partial charge is 0.260 e. The van der Waals surface area contributed by atoms with Crippen molar-refractivity contribution < 1.29 is 4.21 Å². The first-order valence-electron chi connectivity index (χ1n) is 6.84. The molecular weight excluding hydrogens is 240 g/mol. The van der Waals surface area contributed by atoms with Gasteiger partial charge in [-0.1, -0.05) is 36.4 Å². The molecule has 0 aromatic heterocycles. The quantitative estimate of drug-likeness (QED) is 0.654. The van der Waals surface area contributed by atoms with Gasteiger partial charge >= 0.3 is 0 Å².